The van der Waals surface area contributed by atoms with Crippen molar-refractivity contribution in [3.05, 3.63) is 58.1 Å². The van der Waals surface area contributed by atoms with Crippen molar-refractivity contribution in [2.75, 3.05) is 22.9 Å². The second kappa shape index (κ2) is 6.78. The Morgan fingerprint density at radius 2 is 1.83 bits per heavy atom. The highest BCUT2D eigenvalue weighted by atomic mass is 35.5. The van der Waals surface area contributed by atoms with Gasteiger partial charge < -0.3 is 5.32 Å². The van der Waals surface area contributed by atoms with Gasteiger partial charge in [0.2, 0.25) is 10.0 Å². The first kappa shape index (κ1) is 17.6. The highest BCUT2D eigenvalue weighted by molar-refractivity contribution is 7.92. The summed E-state index contributed by atoms with van der Waals surface area (Å²) < 4.78 is 24.1. The van der Waals surface area contributed by atoms with E-state index in [0.717, 1.165) is 10.6 Å². The fourth-order valence-electron chi connectivity index (χ4n) is 1.84. The summed E-state index contributed by atoms with van der Waals surface area (Å²) in [5.41, 5.74) is 1.14. The molecule has 8 heteroatoms. The first-order valence-electron chi connectivity index (χ1n) is 6.49. The molecule has 0 aromatic heterocycles. The third kappa shape index (κ3) is 4.37. The van der Waals surface area contributed by atoms with Crippen LogP contribution >= 0.6 is 23.2 Å². The average Bonchev–Trinajstić information content (AvgIpc) is 2.45. The molecule has 1 N–H and O–H groups in total. The van der Waals surface area contributed by atoms with E-state index in [9.17, 15) is 13.2 Å². The van der Waals surface area contributed by atoms with E-state index in [1.165, 1.54) is 25.2 Å². The molecule has 2 aromatic carbocycles. The fourth-order valence-corrected chi connectivity index (χ4v) is 2.79. The first-order chi connectivity index (χ1) is 10.7. The predicted molar refractivity (Wildman–Crippen MR) is 94.1 cm³/mol. The maximum Gasteiger partial charge on any atom is 0.257 e. The maximum absolute atomic E-state index is 12.3. The number of hydrogen-bond acceptors (Lipinski definition) is 3. The quantitative estimate of drug-likeness (QED) is 0.890. The monoisotopic (exact) mass is 372 g/mol. The predicted octanol–water partition coefficient (Wildman–Crippen LogP) is 3.64. The van der Waals surface area contributed by atoms with E-state index in [1.807, 2.05) is 0 Å². The number of halogens is 2. The van der Waals surface area contributed by atoms with Crippen LogP contribution in [0.3, 0.4) is 0 Å². The second-order valence-corrected chi connectivity index (χ2v) is 7.72. The molecule has 1 amide bonds. The maximum atomic E-state index is 12.3. The molecule has 2 aromatic rings. The molecule has 0 radical (unpaired) electrons. The van der Waals surface area contributed by atoms with Gasteiger partial charge in [0.1, 0.15) is 0 Å². The largest absolute Gasteiger partial charge is 0.322 e. The van der Waals surface area contributed by atoms with Crippen LogP contribution in [0.5, 0.6) is 0 Å². The van der Waals surface area contributed by atoms with Crippen molar-refractivity contribution in [1.82, 2.24) is 0 Å². The van der Waals surface area contributed by atoms with Gasteiger partial charge >= 0.3 is 0 Å². The zero-order valence-corrected chi connectivity index (χ0v) is 14.7. The fraction of sp³-hybridized carbons (Fsp3) is 0.133. The minimum absolute atomic E-state index is 0.150. The first-order valence-corrected chi connectivity index (χ1v) is 9.09. The third-order valence-corrected chi connectivity index (χ3v) is 4.89. The van der Waals surface area contributed by atoms with Gasteiger partial charge in [-0.1, -0.05) is 29.3 Å². The van der Waals surface area contributed by atoms with Gasteiger partial charge in [-0.25, -0.2) is 8.42 Å². The Bertz CT molecular complexity index is 854. The van der Waals surface area contributed by atoms with Crippen molar-refractivity contribution in [3.8, 4) is 0 Å². The van der Waals surface area contributed by atoms with Crippen LogP contribution in [-0.4, -0.2) is 27.6 Å². The Balaban J connectivity index is 2.25. The minimum atomic E-state index is -3.40. The molecule has 0 saturated carbocycles. The Kier molecular flexibility index (Phi) is 5.19. The molecule has 0 bridgehead atoms. The molecular weight excluding hydrogens is 359 g/mol. The summed E-state index contributed by atoms with van der Waals surface area (Å²) in [5, 5.41) is 3.33. The molecule has 0 aliphatic carbocycles. The van der Waals surface area contributed by atoms with Gasteiger partial charge in [-0.2, -0.15) is 0 Å². The highest BCUT2D eigenvalue weighted by Gasteiger charge is 2.16. The molecule has 0 atom stereocenters. The molecular formula is C15H14Cl2N2O3S. The number of carbonyl (C=O) groups excluding carboxylic acids is 1. The van der Waals surface area contributed by atoms with E-state index in [1.54, 1.807) is 24.3 Å². The second-order valence-electron chi connectivity index (χ2n) is 4.86. The molecule has 0 heterocycles. The summed E-state index contributed by atoms with van der Waals surface area (Å²) in [6.45, 7) is 0. The topological polar surface area (TPSA) is 66.5 Å². The van der Waals surface area contributed by atoms with E-state index in [2.05, 4.69) is 5.32 Å². The van der Waals surface area contributed by atoms with Gasteiger partial charge in [-0.3, -0.25) is 9.10 Å². The average molecular weight is 373 g/mol. The summed E-state index contributed by atoms with van der Waals surface area (Å²) in [7, 11) is -1.99. The summed E-state index contributed by atoms with van der Waals surface area (Å²) in [6.07, 6.45) is 1.08. The lowest BCUT2D eigenvalue weighted by atomic mass is 10.2. The Labute approximate surface area is 144 Å². The van der Waals surface area contributed by atoms with Crippen molar-refractivity contribution < 1.29 is 13.2 Å². The van der Waals surface area contributed by atoms with E-state index in [-0.39, 0.29) is 10.6 Å². The molecule has 23 heavy (non-hydrogen) atoms. The number of nitrogens with zero attached hydrogens (tertiary/aromatic N) is 1. The van der Waals surface area contributed by atoms with Crippen molar-refractivity contribution in [2.45, 2.75) is 0 Å². The Morgan fingerprint density at radius 1 is 1.13 bits per heavy atom. The molecule has 0 unspecified atom stereocenters. The number of benzene rings is 2. The van der Waals surface area contributed by atoms with Crippen LogP contribution in [0.25, 0.3) is 0 Å². The lowest BCUT2D eigenvalue weighted by Crippen LogP contribution is -2.25. The van der Waals surface area contributed by atoms with Gasteiger partial charge in [-0.15, -0.1) is 0 Å². The van der Waals surface area contributed by atoms with Crippen LogP contribution in [0, 0.1) is 0 Å². The van der Waals surface area contributed by atoms with Gasteiger partial charge in [0.15, 0.2) is 0 Å². The van der Waals surface area contributed by atoms with Crippen molar-refractivity contribution in [2.24, 2.45) is 0 Å². The molecule has 0 fully saturated rings. The lowest BCUT2D eigenvalue weighted by molar-refractivity contribution is 0.102. The van der Waals surface area contributed by atoms with Crippen molar-refractivity contribution >= 4 is 50.5 Å². The molecule has 122 valence electrons. The summed E-state index contributed by atoms with van der Waals surface area (Å²) in [6, 6.07) is 11.1. The number of rotatable bonds is 4. The number of hydrogen-bond donors (Lipinski definition) is 1. The number of amides is 1. The van der Waals surface area contributed by atoms with Gasteiger partial charge in [0, 0.05) is 17.8 Å². The van der Waals surface area contributed by atoms with Gasteiger partial charge in [0.05, 0.1) is 22.5 Å². The highest BCUT2D eigenvalue weighted by Crippen LogP contribution is 2.25. The van der Waals surface area contributed by atoms with Gasteiger partial charge in [0.25, 0.3) is 5.91 Å². The number of carbonyl (C=O) groups is 1. The summed E-state index contributed by atoms with van der Waals surface area (Å²) in [5.74, 6) is -0.411. The van der Waals surface area contributed by atoms with Crippen LogP contribution in [0.15, 0.2) is 42.5 Å². The normalized spacial score (nSPS) is 11.1. The van der Waals surface area contributed by atoms with E-state index in [4.69, 9.17) is 23.2 Å². The van der Waals surface area contributed by atoms with E-state index in [0.29, 0.717) is 16.4 Å². The van der Waals surface area contributed by atoms with Crippen LogP contribution in [0.1, 0.15) is 10.4 Å². The number of anilines is 2. The van der Waals surface area contributed by atoms with Crippen LogP contribution in [0.2, 0.25) is 10.0 Å². The molecule has 0 saturated heterocycles. The molecule has 0 aliphatic rings. The minimum Gasteiger partial charge on any atom is -0.322 e. The molecule has 0 spiro atoms. The SMILES string of the molecule is CN(c1ccc(C(=O)Nc2cccc(Cl)c2)c(Cl)c1)S(C)(=O)=O. The molecule has 0 aliphatic heterocycles. The van der Waals surface area contributed by atoms with Crippen LogP contribution in [0.4, 0.5) is 11.4 Å². The lowest BCUT2D eigenvalue weighted by Gasteiger charge is -2.17. The molecule has 2 rings (SSSR count). The smallest absolute Gasteiger partial charge is 0.257 e. The zero-order valence-electron chi connectivity index (χ0n) is 12.4. The summed E-state index contributed by atoms with van der Waals surface area (Å²) in [4.78, 5) is 12.3. The summed E-state index contributed by atoms with van der Waals surface area (Å²) >= 11 is 12.0. The van der Waals surface area contributed by atoms with E-state index >= 15 is 0 Å². The Morgan fingerprint density at radius 3 is 2.39 bits per heavy atom. The van der Waals surface area contributed by atoms with Crippen molar-refractivity contribution in [1.29, 1.82) is 0 Å². The van der Waals surface area contributed by atoms with E-state index < -0.39 is 15.9 Å². The van der Waals surface area contributed by atoms with Crippen molar-refractivity contribution in [3.63, 3.8) is 0 Å². The zero-order chi connectivity index (χ0) is 17.2. The standard InChI is InChI=1S/C15H14Cl2N2O3S/c1-19(23(2,21)22)12-6-7-13(14(17)9-12)15(20)18-11-5-3-4-10(16)8-11/h3-9H,1-2H3,(H,18,20). The number of nitrogens with one attached hydrogen (secondary N) is 1. The van der Waals surface area contributed by atoms with Gasteiger partial charge in [-0.05, 0) is 36.4 Å². The molecule has 5 nitrogen and oxygen atoms in total. The Hall–Kier alpha value is -1.76. The third-order valence-electron chi connectivity index (χ3n) is 3.14. The number of sulfonamides is 1. The van der Waals surface area contributed by atoms with Crippen LogP contribution in [-0.2, 0) is 10.0 Å². The van der Waals surface area contributed by atoms with Crippen LogP contribution < -0.4 is 9.62 Å².